The van der Waals surface area contributed by atoms with Crippen LogP contribution >= 0.6 is 11.8 Å². The van der Waals surface area contributed by atoms with Gasteiger partial charge in [0, 0.05) is 31.5 Å². The van der Waals surface area contributed by atoms with Crippen LogP contribution in [0.3, 0.4) is 0 Å². The molecule has 0 atom stereocenters. The molecule has 0 unspecified atom stereocenters. The molecule has 0 saturated carbocycles. The molecule has 1 heterocycles. The number of aryl methyl sites for hydroxylation is 2. The molecule has 18 heavy (non-hydrogen) atoms. The second-order valence-electron chi connectivity index (χ2n) is 4.40. The van der Waals surface area contributed by atoms with Crippen molar-refractivity contribution in [2.75, 3.05) is 32.4 Å². The molecule has 0 saturated heterocycles. The fraction of sp³-hybridized carbons (Fsp3) is 0.769. The molecule has 0 fully saturated rings. The first-order valence-electron chi connectivity index (χ1n) is 6.66. The van der Waals surface area contributed by atoms with Crippen LogP contribution in [0.15, 0.2) is 5.03 Å². The standard InChI is InChI=1S/C13H26N4S/c1-6-17(7-2)8-9-18-13-12(10-14-4)11(3)15-16(13)5/h14H,6-10H2,1-5H3. The van der Waals surface area contributed by atoms with E-state index in [1.54, 1.807) is 0 Å². The highest BCUT2D eigenvalue weighted by molar-refractivity contribution is 7.99. The van der Waals surface area contributed by atoms with E-state index >= 15 is 0 Å². The van der Waals surface area contributed by atoms with Crippen LogP contribution in [0.25, 0.3) is 0 Å². The maximum atomic E-state index is 4.51. The zero-order valence-corrected chi connectivity index (χ0v) is 13.1. The fourth-order valence-electron chi connectivity index (χ4n) is 2.05. The lowest BCUT2D eigenvalue weighted by Crippen LogP contribution is -2.25. The van der Waals surface area contributed by atoms with Gasteiger partial charge in [-0.1, -0.05) is 13.8 Å². The Balaban J connectivity index is 2.60. The minimum Gasteiger partial charge on any atom is -0.316 e. The second kappa shape index (κ2) is 7.81. The molecule has 0 aliphatic rings. The Bertz CT molecular complexity index is 358. The van der Waals surface area contributed by atoms with Crippen molar-refractivity contribution in [2.45, 2.75) is 32.3 Å². The molecule has 4 nitrogen and oxygen atoms in total. The largest absolute Gasteiger partial charge is 0.316 e. The molecule has 104 valence electrons. The Morgan fingerprint density at radius 3 is 2.56 bits per heavy atom. The monoisotopic (exact) mass is 270 g/mol. The van der Waals surface area contributed by atoms with Crippen LogP contribution in [0, 0.1) is 6.92 Å². The third kappa shape index (κ3) is 4.00. The number of nitrogens with one attached hydrogen (secondary N) is 1. The smallest absolute Gasteiger partial charge is 0.0984 e. The third-order valence-electron chi connectivity index (χ3n) is 3.18. The zero-order chi connectivity index (χ0) is 13.5. The normalized spacial score (nSPS) is 11.4. The van der Waals surface area contributed by atoms with Gasteiger partial charge in [-0.05, 0) is 27.1 Å². The lowest BCUT2D eigenvalue weighted by atomic mass is 10.3. The topological polar surface area (TPSA) is 33.1 Å². The summed E-state index contributed by atoms with van der Waals surface area (Å²) in [6.45, 7) is 10.8. The van der Waals surface area contributed by atoms with Gasteiger partial charge in [-0.25, -0.2) is 0 Å². The van der Waals surface area contributed by atoms with Crippen molar-refractivity contribution < 1.29 is 0 Å². The maximum Gasteiger partial charge on any atom is 0.0984 e. The Kier molecular flexibility index (Phi) is 6.75. The fourth-order valence-corrected chi connectivity index (χ4v) is 3.22. The number of aromatic nitrogens is 2. The van der Waals surface area contributed by atoms with Crippen LogP contribution in [-0.2, 0) is 13.6 Å². The Hall–Kier alpha value is -0.520. The van der Waals surface area contributed by atoms with Crippen LogP contribution in [0.1, 0.15) is 25.1 Å². The summed E-state index contributed by atoms with van der Waals surface area (Å²) >= 11 is 1.91. The van der Waals surface area contributed by atoms with Crippen molar-refractivity contribution in [3.63, 3.8) is 0 Å². The van der Waals surface area contributed by atoms with Crippen molar-refractivity contribution in [1.82, 2.24) is 20.0 Å². The van der Waals surface area contributed by atoms with Gasteiger partial charge in [-0.15, -0.1) is 11.8 Å². The average Bonchev–Trinajstić information content (AvgIpc) is 2.61. The predicted octanol–water partition coefficient (Wildman–Crippen LogP) is 1.88. The first-order valence-corrected chi connectivity index (χ1v) is 7.64. The SMILES string of the molecule is CCN(CC)CCSc1c(CNC)c(C)nn1C. The Morgan fingerprint density at radius 1 is 1.33 bits per heavy atom. The average molecular weight is 270 g/mol. The molecule has 5 heteroatoms. The van der Waals surface area contributed by atoms with E-state index in [9.17, 15) is 0 Å². The zero-order valence-electron chi connectivity index (χ0n) is 12.3. The summed E-state index contributed by atoms with van der Waals surface area (Å²) in [7, 11) is 4.02. The van der Waals surface area contributed by atoms with Crippen LogP contribution in [0.2, 0.25) is 0 Å². The molecule has 0 bridgehead atoms. The molecule has 0 aromatic carbocycles. The first kappa shape index (κ1) is 15.5. The van der Waals surface area contributed by atoms with Crippen molar-refractivity contribution >= 4 is 11.8 Å². The van der Waals surface area contributed by atoms with Gasteiger partial charge in [0.25, 0.3) is 0 Å². The highest BCUT2D eigenvalue weighted by Gasteiger charge is 2.13. The second-order valence-corrected chi connectivity index (χ2v) is 5.48. The van der Waals surface area contributed by atoms with Gasteiger partial charge in [0.15, 0.2) is 0 Å². The Morgan fingerprint density at radius 2 is 2.00 bits per heavy atom. The summed E-state index contributed by atoms with van der Waals surface area (Å²) in [5.74, 6) is 1.12. The molecule has 1 rings (SSSR count). The van der Waals surface area contributed by atoms with Crippen molar-refractivity contribution in [3.05, 3.63) is 11.3 Å². The Labute approximate surface area is 115 Å². The van der Waals surface area contributed by atoms with E-state index in [1.807, 2.05) is 30.5 Å². The molecule has 0 amide bonds. The summed E-state index contributed by atoms with van der Waals surface area (Å²) in [6, 6.07) is 0. The number of hydrogen-bond donors (Lipinski definition) is 1. The summed E-state index contributed by atoms with van der Waals surface area (Å²) in [6.07, 6.45) is 0. The molecule has 1 aromatic rings. The maximum absolute atomic E-state index is 4.51. The lowest BCUT2D eigenvalue weighted by molar-refractivity contribution is 0.324. The molecular weight excluding hydrogens is 244 g/mol. The van der Waals surface area contributed by atoms with E-state index in [-0.39, 0.29) is 0 Å². The summed E-state index contributed by atoms with van der Waals surface area (Å²) in [5.41, 5.74) is 2.47. The van der Waals surface area contributed by atoms with E-state index < -0.39 is 0 Å². The van der Waals surface area contributed by atoms with Crippen molar-refractivity contribution in [1.29, 1.82) is 0 Å². The summed E-state index contributed by atoms with van der Waals surface area (Å²) in [4.78, 5) is 2.45. The molecule has 0 spiro atoms. The van der Waals surface area contributed by atoms with Gasteiger partial charge in [0.2, 0.25) is 0 Å². The van der Waals surface area contributed by atoms with Gasteiger partial charge in [-0.2, -0.15) is 5.10 Å². The van der Waals surface area contributed by atoms with E-state index in [1.165, 1.54) is 10.6 Å². The van der Waals surface area contributed by atoms with E-state index in [2.05, 4.69) is 36.1 Å². The van der Waals surface area contributed by atoms with E-state index in [4.69, 9.17) is 0 Å². The minimum absolute atomic E-state index is 0.896. The van der Waals surface area contributed by atoms with Crippen LogP contribution in [0.4, 0.5) is 0 Å². The molecule has 0 radical (unpaired) electrons. The van der Waals surface area contributed by atoms with Gasteiger partial charge >= 0.3 is 0 Å². The van der Waals surface area contributed by atoms with Crippen LogP contribution < -0.4 is 5.32 Å². The van der Waals surface area contributed by atoms with Gasteiger partial charge in [0.1, 0.15) is 0 Å². The molecule has 0 aliphatic heterocycles. The number of thioether (sulfide) groups is 1. The van der Waals surface area contributed by atoms with Crippen LogP contribution in [-0.4, -0.2) is 47.1 Å². The first-order chi connectivity index (χ1) is 8.63. The summed E-state index contributed by atoms with van der Waals surface area (Å²) in [5, 5.41) is 9.03. The number of hydrogen-bond acceptors (Lipinski definition) is 4. The number of rotatable bonds is 8. The van der Waals surface area contributed by atoms with Gasteiger partial charge in [0.05, 0.1) is 10.7 Å². The minimum atomic E-state index is 0.896. The van der Waals surface area contributed by atoms with Gasteiger partial charge < -0.3 is 10.2 Å². The van der Waals surface area contributed by atoms with Crippen molar-refractivity contribution in [2.24, 2.45) is 7.05 Å². The summed E-state index contributed by atoms with van der Waals surface area (Å²) < 4.78 is 2.01. The molecule has 1 N–H and O–H groups in total. The molecule has 1 aromatic heterocycles. The quantitative estimate of drug-likeness (QED) is 0.731. The highest BCUT2D eigenvalue weighted by Crippen LogP contribution is 2.24. The van der Waals surface area contributed by atoms with E-state index in [0.717, 1.165) is 37.6 Å². The predicted molar refractivity (Wildman–Crippen MR) is 79.2 cm³/mol. The molecule has 0 aliphatic carbocycles. The highest BCUT2D eigenvalue weighted by atomic mass is 32.2. The number of nitrogens with zero attached hydrogens (tertiary/aromatic N) is 3. The third-order valence-corrected chi connectivity index (χ3v) is 4.35. The lowest BCUT2D eigenvalue weighted by Gasteiger charge is -2.17. The van der Waals surface area contributed by atoms with Crippen molar-refractivity contribution in [3.8, 4) is 0 Å². The van der Waals surface area contributed by atoms with Gasteiger partial charge in [-0.3, -0.25) is 4.68 Å². The molecular formula is C13H26N4S. The van der Waals surface area contributed by atoms with Crippen LogP contribution in [0.5, 0.6) is 0 Å². The van der Waals surface area contributed by atoms with E-state index in [0.29, 0.717) is 0 Å².